The van der Waals surface area contributed by atoms with Crippen LogP contribution in [-0.4, -0.2) is 18.3 Å². The highest BCUT2D eigenvalue weighted by atomic mass is 16.5. The molecule has 498 valence electrons. The van der Waals surface area contributed by atoms with Crippen LogP contribution < -0.4 is 4.74 Å². The molecule has 6 rings (SSSR count). The zero-order chi connectivity index (χ0) is 66.1. The first-order valence-corrected chi connectivity index (χ1v) is 38.0. The van der Waals surface area contributed by atoms with Gasteiger partial charge in [0, 0.05) is 34.4 Å². The van der Waals surface area contributed by atoms with Gasteiger partial charge < -0.3 is 9.84 Å². The molecule has 0 aliphatic heterocycles. The molecule has 0 spiro atoms. The molecule has 2 nitrogen and oxygen atoms in total. The minimum absolute atomic E-state index is 0.283. The van der Waals surface area contributed by atoms with Crippen molar-refractivity contribution in [2.45, 2.75) is 285 Å². The minimum Gasteiger partial charge on any atom is -0.491 e. The Morgan fingerprint density at radius 3 is 0.670 bits per heavy atom. The predicted molar refractivity (Wildman–Crippen MR) is 405 cm³/mol. The fraction of sp³-hybridized carbons (Fsp3) is 0.500. The summed E-state index contributed by atoms with van der Waals surface area (Å²) >= 11 is 0. The molecular formula is C92H118O2. The third-order valence-electron chi connectivity index (χ3n) is 18.3. The maximum Gasteiger partial charge on any atom is 0.153 e. The zero-order valence-electron chi connectivity index (χ0n) is 59.4. The van der Waals surface area contributed by atoms with Crippen LogP contribution >= 0.6 is 0 Å². The van der Waals surface area contributed by atoms with Crippen LogP contribution in [0.1, 0.15) is 336 Å². The van der Waals surface area contributed by atoms with Gasteiger partial charge in [-0.25, -0.2) is 0 Å². The van der Waals surface area contributed by atoms with Crippen LogP contribution in [0.3, 0.4) is 0 Å². The quantitative estimate of drug-likeness (QED) is 0.0306. The summed E-state index contributed by atoms with van der Waals surface area (Å²) in [6, 6.07) is 44.4. The van der Waals surface area contributed by atoms with Gasteiger partial charge in [-0.1, -0.05) is 328 Å². The van der Waals surface area contributed by atoms with E-state index in [4.69, 9.17) is 4.74 Å². The van der Waals surface area contributed by atoms with Crippen LogP contribution in [0.4, 0.5) is 0 Å². The largest absolute Gasteiger partial charge is 0.491 e. The Morgan fingerprint density at radius 1 is 0.223 bits per heavy atom. The highest BCUT2D eigenvalue weighted by Crippen LogP contribution is 2.35. The van der Waals surface area contributed by atoms with E-state index >= 15 is 0 Å². The van der Waals surface area contributed by atoms with Crippen molar-refractivity contribution in [1.82, 2.24) is 0 Å². The van der Waals surface area contributed by atoms with E-state index in [2.05, 4.69) is 215 Å². The Hall–Kier alpha value is -7.12. The van der Waals surface area contributed by atoms with Crippen molar-refractivity contribution in [3.63, 3.8) is 0 Å². The van der Waals surface area contributed by atoms with Gasteiger partial charge in [-0.3, -0.25) is 0 Å². The summed E-state index contributed by atoms with van der Waals surface area (Å²) in [7, 11) is 0. The number of aliphatic hydroxyl groups is 1. The van der Waals surface area contributed by atoms with E-state index in [-0.39, 0.29) is 6.61 Å². The second-order valence-electron chi connectivity index (χ2n) is 26.5. The highest BCUT2D eigenvalue weighted by molar-refractivity contribution is 5.78. The number of aryl methyl sites for hydroxylation is 5. The molecule has 0 aliphatic rings. The smallest absolute Gasteiger partial charge is 0.153 e. The zero-order valence-corrected chi connectivity index (χ0v) is 59.4. The maximum absolute atomic E-state index is 9.33. The lowest BCUT2D eigenvalue weighted by atomic mass is 9.89. The second-order valence-corrected chi connectivity index (χ2v) is 26.5. The molecule has 0 unspecified atom stereocenters. The first-order chi connectivity index (χ1) is 46.4. The molecule has 2 heteroatoms. The van der Waals surface area contributed by atoms with Crippen LogP contribution in [-0.2, 0) is 32.1 Å². The fourth-order valence-corrected chi connectivity index (χ4v) is 12.2. The lowest BCUT2D eigenvalue weighted by Crippen LogP contribution is -2.08. The monoisotopic (exact) mass is 1250 g/mol. The molecule has 6 aromatic carbocycles. The first kappa shape index (κ1) is 75.9. The molecule has 0 aliphatic carbocycles. The summed E-state index contributed by atoms with van der Waals surface area (Å²) in [6.07, 6.45) is 46.7. The van der Waals surface area contributed by atoms with Crippen molar-refractivity contribution in [2.75, 3.05) is 13.2 Å². The number of ether oxygens (including phenoxy) is 1. The van der Waals surface area contributed by atoms with E-state index < -0.39 is 0 Å². The fourth-order valence-electron chi connectivity index (χ4n) is 12.2. The molecule has 0 saturated heterocycles. The first-order valence-electron chi connectivity index (χ1n) is 38.0. The Morgan fingerprint density at radius 2 is 0.426 bits per heavy atom. The summed E-state index contributed by atoms with van der Waals surface area (Å²) in [5.74, 6) is 37.9. The lowest BCUT2D eigenvalue weighted by molar-refractivity contribution is 0.282. The third-order valence-corrected chi connectivity index (χ3v) is 18.3. The van der Waals surface area contributed by atoms with Crippen molar-refractivity contribution in [3.8, 4) is 65.0 Å². The summed E-state index contributed by atoms with van der Waals surface area (Å²) in [6.45, 7) is 12.2. The molecule has 0 amide bonds. The van der Waals surface area contributed by atoms with E-state index in [1.807, 2.05) is 0 Å². The van der Waals surface area contributed by atoms with Crippen molar-refractivity contribution in [1.29, 1.82) is 0 Å². The highest BCUT2D eigenvalue weighted by Gasteiger charge is 2.23. The Balaban J connectivity index is 1.60. The molecule has 0 aromatic heterocycles. The van der Waals surface area contributed by atoms with E-state index in [9.17, 15) is 5.11 Å². The second kappa shape index (κ2) is 48.6. The van der Waals surface area contributed by atoms with Gasteiger partial charge in [-0.15, -0.1) is 0 Å². The number of hydrogen-bond donors (Lipinski definition) is 1. The van der Waals surface area contributed by atoms with Crippen molar-refractivity contribution in [2.24, 2.45) is 0 Å². The maximum atomic E-state index is 9.33. The van der Waals surface area contributed by atoms with Crippen LogP contribution in [0.15, 0.2) is 121 Å². The number of benzene rings is 6. The van der Waals surface area contributed by atoms with Crippen molar-refractivity contribution >= 4 is 0 Å². The van der Waals surface area contributed by atoms with Gasteiger partial charge in [0.25, 0.3) is 0 Å². The van der Waals surface area contributed by atoms with E-state index in [1.165, 1.54) is 214 Å². The minimum atomic E-state index is 0.283. The van der Waals surface area contributed by atoms with Gasteiger partial charge in [0.05, 0.1) is 34.4 Å². The lowest BCUT2D eigenvalue weighted by Gasteiger charge is -2.17. The molecule has 0 atom stereocenters. The molecule has 94 heavy (non-hydrogen) atoms. The number of hydrogen-bond acceptors (Lipinski definition) is 2. The van der Waals surface area contributed by atoms with Gasteiger partial charge in [-0.2, -0.15) is 0 Å². The molecule has 0 saturated carbocycles. The van der Waals surface area contributed by atoms with Crippen LogP contribution in [0.5, 0.6) is 5.75 Å². The molecule has 0 radical (unpaired) electrons. The van der Waals surface area contributed by atoms with Gasteiger partial charge in [0.2, 0.25) is 0 Å². The van der Waals surface area contributed by atoms with Gasteiger partial charge in [-0.05, 0) is 166 Å². The average molecular weight is 1260 g/mol. The van der Waals surface area contributed by atoms with Crippen molar-refractivity contribution in [3.05, 3.63) is 205 Å². The predicted octanol–water partition coefficient (Wildman–Crippen LogP) is 24.1. The molecule has 1 N–H and O–H groups in total. The third kappa shape index (κ3) is 30.5. The molecule has 0 bridgehead atoms. The number of rotatable bonds is 42. The normalized spacial score (nSPS) is 10.7. The van der Waals surface area contributed by atoms with Gasteiger partial charge >= 0.3 is 0 Å². The molecule has 6 aromatic rings. The Bertz CT molecular complexity index is 3180. The van der Waals surface area contributed by atoms with E-state index in [1.54, 1.807) is 0 Å². The van der Waals surface area contributed by atoms with Crippen molar-refractivity contribution < 1.29 is 9.84 Å². The number of aliphatic hydroxyl groups excluding tert-OH is 1. The summed E-state index contributed by atoms with van der Waals surface area (Å²) < 4.78 is 7.31. The topological polar surface area (TPSA) is 29.5 Å². The summed E-state index contributed by atoms with van der Waals surface area (Å²) in [4.78, 5) is 0. The standard InChI is InChI=1S/C92H118O2/c1-6-11-16-26-33-40-77-45-55-82(56-46-77)65-70-87-88(71-66-83-57-47-78(48-58-83)41-34-27-17-12-7-2)90(73-68-85-61-51-80(52-62-85)43-36-29-19-14-9-4)92(94-76-39-32-25-23-21-22-24-31-38-75-93)91(74-69-86-63-53-81(54-64-86)44-37-30-20-15-10-5)89(87)72-67-84-59-49-79(50-60-84)42-35-28-18-13-8-3/h45-64,93H,6-44,75-76H2,1-5H3. The number of unbranched alkanes of at least 4 members (excludes halogenated alkanes) is 28. The molecule has 0 fully saturated rings. The van der Waals surface area contributed by atoms with E-state index in [0.29, 0.717) is 40.2 Å². The SMILES string of the molecule is CCCCCCCc1ccc(C#Cc2c(C#Cc3ccc(CCCCCCC)cc3)c(C#Cc3ccc(CCCCCCC)cc3)c(OCCCCCCCCCCCO)c(C#Cc3ccc(CCCCCCC)cc3)c2C#Cc2ccc(CCCCCCC)cc2)cc1. The molecular weight excluding hydrogens is 1140 g/mol. The summed E-state index contributed by atoms with van der Waals surface area (Å²) in [5.41, 5.74) is 14.9. The van der Waals surface area contributed by atoms with Crippen LogP contribution in [0.2, 0.25) is 0 Å². The van der Waals surface area contributed by atoms with Gasteiger partial charge in [0.15, 0.2) is 5.75 Å². The Kier molecular flexibility index (Phi) is 39.2. The van der Waals surface area contributed by atoms with Gasteiger partial charge in [0.1, 0.15) is 0 Å². The Labute approximate surface area is 574 Å². The van der Waals surface area contributed by atoms with E-state index in [0.717, 1.165) is 92.0 Å². The average Bonchev–Trinajstić information content (AvgIpc) is 0.767. The van der Waals surface area contributed by atoms with Crippen LogP contribution in [0.25, 0.3) is 0 Å². The van der Waals surface area contributed by atoms with Crippen LogP contribution in [0, 0.1) is 59.2 Å². The summed E-state index contributed by atoms with van der Waals surface area (Å²) in [5, 5.41) is 9.33. The molecule has 0 heterocycles.